The van der Waals surface area contributed by atoms with Crippen LogP contribution in [-0.2, 0) is 16.6 Å². The monoisotopic (exact) mass is 373 g/mol. The first-order chi connectivity index (χ1) is 12.3. The Morgan fingerprint density at radius 1 is 1.15 bits per heavy atom. The average Bonchev–Trinajstić information content (AvgIpc) is 2.80. The number of halogens is 1. The van der Waals surface area contributed by atoms with Gasteiger partial charge in [-0.1, -0.05) is 50.6 Å². The van der Waals surface area contributed by atoms with Crippen molar-refractivity contribution < 1.29 is 14.3 Å². The summed E-state index contributed by atoms with van der Waals surface area (Å²) in [5, 5.41) is 3.50. The molecule has 1 heterocycles. The van der Waals surface area contributed by atoms with Gasteiger partial charge in [0.2, 0.25) is 5.91 Å². The van der Waals surface area contributed by atoms with Crippen molar-refractivity contribution in [3.63, 3.8) is 0 Å². The van der Waals surface area contributed by atoms with Crippen LogP contribution in [0.2, 0.25) is 5.02 Å². The molecule has 0 fully saturated rings. The van der Waals surface area contributed by atoms with E-state index in [0.29, 0.717) is 29.7 Å². The molecule has 0 saturated heterocycles. The van der Waals surface area contributed by atoms with Crippen molar-refractivity contribution in [2.45, 2.75) is 39.0 Å². The Bertz CT molecular complexity index is 811. The molecular formula is C21H24ClNO3. The second-order valence-electron chi connectivity index (χ2n) is 7.48. The molecule has 0 aromatic heterocycles. The van der Waals surface area contributed by atoms with Gasteiger partial charge in [0.1, 0.15) is 0 Å². The molecule has 0 aliphatic carbocycles. The number of nitrogens with one attached hydrogen (secondary N) is 1. The van der Waals surface area contributed by atoms with Gasteiger partial charge in [0.25, 0.3) is 0 Å². The van der Waals surface area contributed by atoms with E-state index in [9.17, 15) is 4.79 Å². The summed E-state index contributed by atoms with van der Waals surface area (Å²) in [4.78, 5) is 12.6. The van der Waals surface area contributed by atoms with Gasteiger partial charge in [0.15, 0.2) is 11.5 Å². The summed E-state index contributed by atoms with van der Waals surface area (Å²) in [6.45, 7) is 7.54. The minimum atomic E-state index is -0.0905. The highest BCUT2D eigenvalue weighted by molar-refractivity contribution is 6.32. The highest BCUT2D eigenvalue weighted by Gasteiger charge is 2.20. The lowest BCUT2D eigenvalue weighted by Crippen LogP contribution is -2.20. The normalized spacial score (nSPS) is 13.8. The average molecular weight is 374 g/mol. The van der Waals surface area contributed by atoms with Crippen LogP contribution in [0.25, 0.3) is 0 Å². The molecule has 0 radical (unpaired) electrons. The molecule has 0 unspecified atom stereocenters. The van der Waals surface area contributed by atoms with Crippen molar-refractivity contribution in [3.8, 4) is 11.5 Å². The molecule has 0 bridgehead atoms. The van der Waals surface area contributed by atoms with Crippen molar-refractivity contribution in [2.75, 3.05) is 18.5 Å². The van der Waals surface area contributed by atoms with E-state index in [2.05, 4.69) is 26.1 Å². The SMILES string of the molecule is CC(C)(C)c1ccccc1NC(=O)Cc1cc(Cl)c2c(c1)OCCCO2. The number of hydrogen-bond acceptors (Lipinski definition) is 3. The summed E-state index contributed by atoms with van der Waals surface area (Å²) >= 11 is 6.31. The number of anilines is 1. The summed E-state index contributed by atoms with van der Waals surface area (Å²) in [6.07, 6.45) is 1.03. The Balaban J connectivity index is 1.77. The van der Waals surface area contributed by atoms with Crippen LogP contribution in [0.4, 0.5) is 5.69 Å². The molecule has 1 aliphatic rings. The molecule has 4 nitrogen and oxygen atoms in total. The molecule has 3 rings (SSSR count). The first-order valence-corrected chi connectivity index (χ1v) is 9.20. The number of amides is 1. The minimum Gasteiger partial charge on any atom is -0.489 e. The molecule has 1 N–H and O–H groups in total. The fourth-order valence-corrected chi connectivity index (χ4v) is 3.30. The number of para-hydroxylation sites is 1. The smallest absolute Gasteiger partial charge is 0.228 e. The maximum Gasteiger partial charge on any atom is 0.228 e. The minimum absolute atomic E-state index is 0.0531. The molecule has 5 heteroatoms. The predicted molar refractivity (Wildman–Crippen MR) is 105 cm³/mol. The summed E-state index contributed by atoms with van der Waals surface area (Å²) in [5.74, 6) is 1.08. The van der Waals surface area contributed by atoms with Gasteiger partial charge in [-0.2, -0.15) is 0 Å². The fourth-order valence-electron chi connectivity index (χ4n) is 3.01. The summed E-state index contributed by atoms with van der Waals surface area (Å²) in [6, 6.07) is 11.5. The lowest BCUT2D eigenvalue weighted by atomic mass is 9.86. The van der Waals surface area contributed by atoms with Crippen LogP contribution in [0.5, 0.6) is 11.5 Å². The van der Waals surface area contributed by atoms with E-state index in [4.69, 9.17) is 21.1 Å². The van der Waals surface area contributed by atoms with Crippen molar-refractivity contribution in [2.24, 2.45) is 0 Å². The first kappa shape index (κ1) is 18.6. The van der Waals surface area contributed by atoms with Crippen LogP contribution in [0.1, 0.15) is 38.3 Å². The highest BCUT2D eigenvalue weighted by atomic mass is 35.5. The number of carbonyl (C=O) groups is 1. The lowest BCUT2D eigenvalue weighted by molar-refractivity contribution is -0.115. The second-order valence-corrected chi connectivity index (χ2v) is 7.88. The quantitative estimate of drug-likeness (QED) is 0.825. The molecule has 1 amide bonds. The van der Waals surface area contributed by atoms with Crippen molar-refractivity contribution in [3.05, 3.63) is 52.5 Å². The van der Waals surface area contributed by atoms with Gasteiger partial charge in [0.05, 0.1) is 24.7 Å². The van der Waals surface area contributed by atoms with Crippen LogP contribution in [0.3, 0.4) is 0 Å². The summed E-state index contributed by atoms with van der Waals surface area (Å²) in [7, 11) is 0. The number of benzene rings is 2. The highest BCUT2D eigenvalue weighted by Crippen LogP contribution is 2.38. The molecule has 26 heavy (non-hydrogen) atoms. The van der Waals surface area contributed by atoms with E-state index in [1.165, 1.54) is 0 Å². The number of fused-ring (bicyclic) bond motifs is 1. The Morgan fingerprint density at radius 3 is 2.65 bits per heavy atom. The van der Waals surface area contributed by atoms with Gasteiger partial charge in [0, 0.05) is 12.1 Å². The first-order valence-electron chi connectivity index (χ1n) is 8.82. The third-order valence-corrected chi connectivity index (χ3v) is 4.52. The zero-order valence-electron chi connectivity index (χ0n) is 15.4. The molecule has 2 aromatic rings. The Kier molecular flexibility index (Phi) is 5.42. The zero-order valence-corrected chi connectivity index (χ0v) is 16.2. The topological polar surface area (TPSA) is 47.6 Å². The summed E-state index contributed by atoms with van der Waals surface area (Å²) in [5.41, 5.74) is 2.68. The lowest BCUT2D eigenvalue weighted by Gasteiger charge is -2.23. The second kappa shape index (κ2) is 7.58. The fraction of sp³-hybridized carbons (Fsp3) is 0.381. The van der Waals surface area contributed by atoms with Crippen LogP contribution in [0.15, 0.2) is 36.4 Å². The van der Waals surface area contributed by atoms with Gasteiger partial charge in [-0.15, -0.1) is 0 Å². The largest absolute Gasteiger partial charge is 0.489 e. The van der Waals surface area contributed by atoms with Gasteiger partial charge in [-0.3, -0.25) is 4.79 Å². The predicted octanol–water partition coefficient (Wildman–Crippen LogP) is 4.98. The number of carbonyl (C=O) groups excluding carboxylic acids is 1. The molecule has 0 atom stereocenters. The van der Waals surface area contributed by atoms with E-state index < -0.39 is 0 Å². The molecule has 1 aliphatic heterocycles. The third-order valence-electron chi connectivity index (χ3n) is 4.24. The van der Waals surface area contributed by atoms with Crippen LogP contribution in [0, 0.1) is 0 Å². The Hall–Kier alpha value is -2.20. The van der Waals surface area contributed by atoms with E-state index in [0.717, 1.165) is 23.2 Å². The Labute approximate surface area is 159 Å². The maximum atomic E-state index is 12.6. The van der Waals surface area contributed by atoms with E-state index in [1.807, 2.05) is 30.3 Å². The van der Waals surface area contributed by atoms with Crippen molar-refractivity contribution in [1.82, 2.24) is 0 Å². The maximum absolute atomic E-state index is 12.6. The number of rotatable bonds is 3. The molecule has 2 aromatic carbocycles. The molecular weight excluding hydrogens is 350 g/mol. The van der Waals surface area contributed by atoms with Crippen molar-refractivity contribution in [1.29, 1.82) is 0 Å². The molecule has 0 spiro atoms. The Morgan fingerprint density at radius 2 is 1.88 bits per heavy atom. The molecule has 0 saturated carbocycles. The molecule has 138 valence electrons. The van der Waals surface area contributed by atoms with Gasteiger partial charge < -0.3 is 14.8 Å². The van der Waals surface area contributed by atoms with Crippen LogP contribution in [-0.4, -0.2) is 19.1 Å². The number of hydrogen-bond donors (Lipinski definition) is 1. The standard InChI is InChI=1S/C21H24ClNO3/c1-21(2,3)15-7-4-5-8-17(15)23-19(24)13-14-11-16(22)20-18(12-14)25-9-6-10-26-20/h4-5,7-8,11-12H,6,9-10,13H2,1-3H3,(H,23,24). The van der Waals surface area contributed by atoms with Gasteiger partial charge in [-0.05, 0) is 34.7 Å². The van der Waals surface area contributed by atoms with Crippen molar-refractivity contribution >= 4 is 23.2 Å². The number of ether oxygens (including phenoxy) is 2. The van der Waals surface area contributed by atoms with E-state index in [1.54, 1.807) is 6.07 Å². The van der Waals surface area contributed by atoms with E-state index >= 15 is 0 Å². The van der Waals surface area contributed by atoms with Gasteiger partial charge >= 0.3 is 0 Å². The summed E-state index contributed by atoms with van der Waals surface area (Å²) < 4.78 is 11.3. The van der Waals surface area contributed by atoms with Gasteiger partial charge in [-0.25, -0.2) is 0 Å². The van der Waals surface area contributed by atoms with Crippen LogP contribution >= 0.6 is 11.6 Å². The third kappa shape index (κ3) is 4.31. The van der Waals surface area contributed by atoms with Crippen LogP contribution < -0.4 is 14.8 Å². The van der Waals surface area contributed by atoms with E-state index in [-0.39, 0.29) is 17.7 Å². The zero-order chi connectivity index (χ0) is 18.7.